The van der Waals surface area contributed by atoms with Gasteiger partial charge in [0.05, 0.1) is 12.2 Å². The number of thiocarbonyl (C=S) groups is 1. The number of nitrogens with zero attached hydrogens (tertiary/aromatic N) is 2. The SMILES string of the molecule is O=C(c1ccccc1)N1Cc2nc3c(cc2C1=S)CCCC3. The van der Waals surface area contributed by atoms with Gasteiger partial charge in [-0.25, -0.2) is 0 Å². The molecule has 0 bridgehead atoms. The summed E-state index contributed by atoms with van der Waals surface area (Å²) in [6.07, 6.45) is 4.54. The molecule has 0 fully saturated rings. The van der Waals surface area contributed by atoms with Crippen LogP contribution < -0.4 is 0 Å². The summed E-state index contributed by atoms with van der Waals surface area (Å²) >= 11 is 5.54. The van der Waals surface area contributed by atoms with Gasteiger partial charge >= 0.3 is 0 Å². The predicted molar refractivity (Wildman–Crippen MR) is 88.9 cm³/mol. The molecule has 3 nitrogen and oxygen atoms in total. The van der Waals surface area contributed by atoms with E-state index in [1.807, 2.05) is 30.3 Å². The summed E-state index contributed by atoms with van der Waals surface area (Å²) in [6.45, 7) is 0.495. The summed E-state index contributed by atoms with van der Waals surface area (Å²) in [5.74, 6) is -0.0402. The lowest BCUT2D eigenvalue weighted by Gasteiger charge is -2.15. The third kappa shape index (κ3) is 2.15. The molecule has 0 N–H and O–H groups in total. The van der Waals surface area contributed by atoms with E-state index in [1.165, 1.54) is 24.1 Å². The van der Waals surface area contributed by atoms with Crippen molar-refractivity contribution in [2.24, 2.45) is 0 Å². The van der Waals surface area contributed by atoms with E-state index in [2.05, 4.69) is 6.07 Å². The zero-order valence-corrected chi connectivity index (χ0v) is 13.0. The van der Waals surface area contributed by atoms with Crippen LogP contribution in [-0.4, -0.2) is 20.8 Å². The Bertz CT molecular complexity index is 770. The quantitative estimate of drug-likeness (QED) is 0.758. The van der Waals surface area contributed by atoms with Crippen LogP contribution in [0.5, 0.6) is 0 Å². The van der Waals surface area contributed by atoms with E-state index in [4.69, 9.17) is 17.2 Å². The highest BCUT2D eigenvalue weighted by atomic mass is 32.1. The Morgan fingerprint density at radius 2 is 1.86 bits per heavy atom. The Labute approximate surface area is 135 Å². The molecule has 4 rings (SSSR count). The highest BCUT2D eigenvalue weighted by Gasteiger charge is 2.31. The van der Waals surface area contributed by atoms with E-state index in [-0.39, 0.29) is 5.91 Å². The second-order valence-electron chi connectivity index (χ2n) is 5.86. The monoisotopic (exact) mass is 308 g/mol. The van der Waals surface area contributed by atoms with Crippen LogP contribution in [-0.2, 0) is 19.4 Å². The molecule has 1 aliphatic carbocycles. The molecule has 1 amide bonds. The lowest BCUT2D eigenvalue weighted by molar-refractivity contribution is 0.0847. The van der Waals surface area contributed by atoms with Gasteiger partial charge in [0.25, 0.3) is 5.91 Å². The van der Waals surface area contributed by atoms with Crippen LogP contribution in [0.1, 0.15) is 45.7 Å². The number of rotatable bonds is 1. The average molecular weight is 308 g/mol. The number of carbonyl (C=O) groups excluding carboxylic acids is 1. The molecule has 0 radical (unpaired) electrons. The van der Waals surface area contributed by atoms with Crippen LogP contribution in [0.2, 0.25) is 0 Å². The van der Waals surface area contributed by atoms with Gasteiger partial charge in [0, 0.05) is 16.8 Å². The van der Waals surface area contributed by atoms with Gasteiger partial charge in [0.15, 0.2) is 0 Å². The molecule has 2 aromatic rings. The van der Waals surface area contributed by atoms with E-state index in [0.717, 1.165) is 24.1 Å². The summed E-state index contributed by atoms with van der Waals surface area (Å²) in [4.78, 5) is 19.7. The molecule has 4 heteroatoms. The van der Waals surface area contributed by atoms with E-state index in [1.54, 1.807) is 4.90 Å². The molecule has 0 atom stereocenters. The van der Waals surface area contributed by atoms with Crippen molar-refractivity contribution in [1.29, 1.82) is 0 Å². The minimum atomic E-state index is -0.0402. The molecular weight excluding hydrogens is 292 g/mol. The van der Waals surface area contributed by atoms with Crippen molar-refractivity contribution >= 4 is 23.1 Å². The fraction of sp³-hybridized carbons (Fsp3) is 0.278. The number of aromatic nitrogens is 1. The summed E-state index contributed by atoms with van der Waals surface area (Å²) in [5.41, 5.74) is 5.10. The number of benzene rings is 1. The Balaban J connectivity index is 1.68. The third-order valence-electron chi connectivity index (χ3n) is 4.43. The fourth-order valence-electron chi connectivity index (χ4n) is 3.25. The van der Waals surface area contributed by atoms with E-state index in [0.29, 0.717) is 17.1 Å². The Kier molecular flexibility index (Phi) is 3.26. The van der Waals surface area contributed by atoms with Crippen LogP contribution in [0.4, 0.5) is 0 Å². The molecule has 2 heterocycles. The predicted octanol–water partition coefficient (Wildman–Crippen LogP) is 3.29. The summed E-state index contributed by atoms with van der Waals surface area (Å²) < 4.78 is 0. The Hall–Kier alpha value is -2.07. The van der Waals surface area contributed by atoms with E-state index in [9.17, 15) is 4.79 Å². The van der Waals surface area contributed by atoms with Crippen molar-refractivity contribution in [2.75, 3.05) is 0 Å². The van der Waals surface area contributed by atoms with Crippen molar-refractivity contribution < 1.29 is 4.79 Å². The van der Waals surface area contributed by atoms with Gasteiger partial charge in [-0.2, -0.15) is 0 Å². The maximum atomic E-state index is 12.7. The van der Waals surface area contributed by atoms with E-state index < -0.39 is 0 Å². The van der Waals surface area contributed by atoms with Gasteiger partial charge in [-0.15, -0.1) is 0 Å². The van der Waals surface area contributed by atoms with Crippen molar-refractivity contribution in [3.05, 3.63) is 64.5 Å². The zero-order chi connectivity index (χ0) is 15.1. The zero-order valence-electron chi connectivity index (χ0n) is 12.2. The Morgan fingerprint density at radius 1 is 1.09 bits per heavy atom. The van der Waals surface area contributed by atoms with Gasteiger partial charge in [-0.05, 0) is 49.4 Å². The first-order valence-electron chi connectivity index (χ1n) is 7.67. The minimum absolute atomic E-state index is 0.0402. The highest BCUT2D eigenvalue weighted by molar-refractivity contribution is 7.80. The molecule has 1 aromatic carbocycles. The summed E-state index contributed by atoms with van der Waals surface area (Å²) in [6, 6.07) is 11.5. The van der Waals surface area contributed by atoms with Crippen LogP contribution >= 0.6 is 12.2 Å². The summed E-state index contributed by atoms with van der Waals surface area (Å²) in [5, 5.41) is 0. The minimum Gasteiger partial charge on any atom is -0.292 e. The lowest BCUT2D eigenvalue weighted by Crippen LogP contribution is -2.30. The number of fused-ring (bicyclic) bond motifs is 2. The number of aryl methyl sites for hydroxylation is 2. The van der Waals surface area contributed by atoms with Gasteiger partial charge in [0.1, 0.15) is 4.99 Å². The van der Waals surface area contributed by atoms with Crippen LogP contribution in [0.3, 0.4) is 0 Å². The van der Waals surface area contributed by atoms with Gasteiger partial charge < -0.3 is 0 Å². The normalized spacial score (nSPS) is 16.4. The van der Waals surface area contributed by atoms with Gasteiger partial charge in [-0.3, -0.25) is 14.7 Å². The average Bonchev–Trinajstić information content (AvgIpc) is 2.89. The molecule has 0 spiro atoms. The smallest absolute Gasteiger partial charge is 0.259 e. The molecule has 2 aliphatic rings. The van der Waals surface area contributed by atoms with Crippen molar-refractivity contribution in [1.82, 2.24) is 9.88 Å². The Morgan fingerprint density at radius 3 is 2.68 bits per heavy atom. The van der Waals surface area contributed by atoms with Gasteiger partial charge in [0.2, 0.25) is 0 Å². The second kappa shape index (κ2) is 5.29. The lowest BCUT2D eigenvalue weighted by atomic mass is 9.94. The third-order valence-corrected chi connectivity index (χ3v) is 4.87. The molecule has 1 aliphatic heterocycles. The highest BCUT2D eigenvalue weighted by Crippen LogP contribution is 2.29. The first kappa shape index (κ1) is 13.6. The number of amides is 1. The van der Waals surface area contributed by atoms with Gasteiger partial charge in [-0.1, -0.05) is 30.4 Å². The van der Waals surface area contributed by atoms with Crippen LogP contribution in [0.15, 0.2) is 36.4 Å². The number of pyridine rings is 1. The number of hydrogen-bond donors (Lipinski definition) is 0. The molecule has 1 aromatic heterocycles. The van der Waals surface area contributed by atoms with Crippen LogP contribution in [0, 0.1) is 0 Å². The first-order chi connectivity index (χ1) is 10.7. The van der Waals surface area contributed by atoms with E-state index >= 15 is 0 Å². The maximum absolute atomic E-state index is 12.7. The molecular formula is C18H16N2OS. The molecule has 22 heavy (non-hydrogen) atoms. The topological polar surface area (TPSA) is 33.2 Å². The molecule has 0 unspecified atom stereocenters. The number of hydrogen-bond acceptors (Lipinski definition) is 3. The summed E-state index contributed by atoms with van der Waals surface area (Å²) in [7, 11) is 0. The van der Waals surface area contributed by atoms with Crippen molar-refractivity contribution in [3.63, 3.8) is 0 Å². The largest absolute Gasteiger partial charge is 0.292 e. The molecule has 110 valence electrons. The fourth-order valence-corrected chi connectivity index (χ4v) is 3.57. The van der Waals surface area contributed by atoms with Crippen molar-refractivity contribution in [3.8, 4) is 0 Å². The number of carbonyl (C=O) groups is 1. The second-order valence-corrected chi connectivity index (χ2v) is 6.24. The standard InChI is InChI=1S/C18H16N2OS/c21-17(12-6-2-1-3-7-12)20-11-16-14(18(20)22)10-13-8-4-5-9-15(13)19-16/h1-3,6-7,10H,4-5,8-9,11H2. The molecule has 0 saturated heterocycles. The maximum Gasteiger partial charge on any atom is 0.259 e. The first-order valence-corrected chi connectivity index (χ1v) is 8.08. The van der Waals surface area contributed by atoms with Crippen LogP contribution in [0.25, 0.3) is 0 Å². The molecule has 0 saturated carbocycles. The van der Waals surface area contributed by atoms with Crippen molar-refractivity contribution in [2.45, 2.75) is 32.2 Å².